The van der Waals surface area contributed by atoms with E-state index in [2.05, 4.69) is 29.5 Å². The van der Waals surface area contributed by atoms with E-state index in [4.69, 9.17) is 4.74 Å². The summed E-state index contributed by atoms with van der Waals surface area (Å²) in [5, 5.41) is 6.56. The van der Waals surface area contributed by atoms with Crippen molar-refractivity contribution < 1.29 is 17.9 Å². The third-order valence-electron chi connectivity index (χ3n) is 4.84. The van der Waals surface area contributed by atoms with Crippen LogP contribution in [0.5, 0.6) is 0 Å². The number of ether oxygens (including phenoxy) is 1. The molecule has 0 radical (unpaired) electrons. The number of carbonyl (C=O) groups excluding carboxylic acids is 1. The number of nitrogens with one attached hydrogen (secondary N) is 2. The van der Waals surface area contributed by atoms with Crippen LogP contribution in [0.4, 0.5) is 0 Å². The first-order chi connectivity index (χ1) is 12.8. The Labute approximate surface area is 164 Å². The van der Waals surface area contributed by atoms with Gasteiger partial charge in [0, 0.05) is 44.9 Å². The molecule has 8 nitrogen and oxygen atoms in total. The van der Waals surface area contributed by atoms with Crippen LogP contribution in [0.2, 0.25) is 0 Å². The molecule has 1 saturated heterocycles. The third kappa shape index (κ3) is 9.41. The van der Waals surface area contributed by atoms with Crippen molar-refractivity contribution in [3.63, 3.8) is 0 Å². The van der Waals surface area contributed by atoms with Crippen LogP contribution in [0.25, 0.3) is 0 Å². The van der Waals surface area contributed by atoms with Gasteiger partial charge >= 0.3 is 0 Å². The van der Waals surface area contributed by atoms with Gasteiger partial charge in [-0.25, -0.2) is 8.42 Å². The molecule has 27 heavy (non-hydrogen) atoms. The van der Waals surface area contributed by atoms with Crippen molar-refractivity contribution in [3.05, 3.63) is 0 Å². The monoisotopic (exact) mass is 404 g/mol. The van der Waals surface area contributed by atoms with Crippen molar-refractivity contribution in [2.45, 2.75) is 45.6 Å². The Morgan fingerprint density at radius 3 is 2.37 bits per heavy atom. The second-order valence-corrected chi connectivity index (χ2v) is 9.26. The average molecular weight is 405 g/mol. The second kappa shape index (κ2) is 12.2. The van der Waals surface area contributed by atoms with Gasteiger partial charge in [-0.05, 0) is 25.7 Å². The van der Waals surface area contributed by atoms with Crippen molar-refractivity contribution in [2.24, 2.45) is 10.9 Å². The van der Waals surface area contributed by atoms with E-state index in [1.165, 1.54) is 6.26 Å². The third-order valence-corrected chi connectivity index (χ3v) is 5.75. The summed E-state index contributed by atoms with van der Waals surface area (Å²) in [6, 6.07) is 0.285. The molecule has 0 spiro atoms. The molecule has 2 N–H and O–H groups in total. The Kier molecular flexibility index (Phi) is 10.7. The Balaban J connectivity index is 2.26. The van der Waals surface area contributed by atoms with Crippen molar-refractivity contribution >= 4 is 21.7 Å². The molecule has 1 aliphatic heterocycles. The van der Waals surface area contributed by atoms with Crippen LogP contribution in [0.15, 0.2) is 4.99 Å². The van der Waals surface area contributed by atoms with E-state index in [9.17, 15) is 13.2 Å². The number of hydrogen-bond donors (Lipinski definition) is 2. The topological polar surface area (TPSA) is 100 Å². The highest BCUT2D eigenvalue weighted by atomic mass is 32.2. The molecule has 1 amide bonds. The minimum absolute atomic E-state index is 0.0359. The first-order valence-corrected chi connectivity index (χ1v) is 11.9. The van der Waals surface area contributed by atoms with E-state index in [-0.39, 0.29) is 30.2 Å². The normalized spacial score (nSPS) is 16.6. The van der Waals surface area contributed by atoms with Gasteiger partial charge in [0.25, 0.3) is 0 Å². The molecule has 1 aliphatic rings. The van der Waals surface area contributed by atoms with Gasteiger partial charge in [0.1, 0.15) is 9.84 Å². The molecule has 0 bridgehead atoms. The number of nitrogens with zero attached hydrogens (tertiary/aromatic N) is 2. The summed E-state index contributed by atoms with van der Waals surface area (Å²) in [7, 11) is -1.27. The van der Waals surface area contributed by atoms with Gasteiger partial charge in [-0.1, -0.05) is 13.8 Å². The average Bonchev–Trinajstić information content (AvgIpc) is 2.64. The lowest BCUT2D eigenvalue weighted by Crippen LogP contribution is -2.51. The van der Waals surface area contributed by atoms with Gasteiger partial charge in [-0.15, -0.1) is 0 Å². The molecule has 0 saturated carbocycles. The molecule has 0 unspecified atom stereocenters. The van der Waals surface area contributed by atoms with Gasteiger partial charge in [-0.2, -0.15) is 0 Å². The number of sulfone groups is 1. The largest absolute Gasteiger partial charge is 0.379 e. The van der Waals surface area contributed by atoms with Gasteiger partial charge < -0.3 is 20.3 Å². The molecule has 1 rings (SSSR count). The Hall–Kier alpha value is -1.35. The summed E-state index contributed by atoms with van der Waals surface area (Å²) in [4.78, 5) is 18.7. The van der Waals surface area contributed by atoms with Crippen LogP contribution < -0.4 is 10.6 Å². The number of guanidine groups is 1. The molecule has 0 aliphatic carbocycles. The van der Waals surface area contributed by atoms with E-state index >= 15 is 0 Å². The summed E-state index contributed by atoms with van der Waals surface area (Å²) in [6.45, 7) is 6.86. The lowest BCUT2D eigenvalue weighted by molar-refractivity contribution is -0.136. The van der Waals surface area contributed by atoms with Crippen molar-refractivity contribution in [1.29, 1.82) is 0 Å². The number of aliphatic imine (C=N–C) groups is 1. The van der Waals surface area contributed by atoms with Gasteiger partial charge in [0.2, 0.25) is 5.91 Å². The molecule has 0 aromatic carbocycles. The SMILES string of the molecule is CCC(CC)C(=O)N1CCC(NC(=NC)NCCOCCS(C)(=O)=O)CC1. The number of hydrogen-bond acceptors (Lipinski definition) is 5. The van der Waals surface area contributed by atoms with E-state index in [0.29, 0.717) is 19.1 Å². The number of amides is 1. The maximum Gasteiger partial charge on any atom is 0.225 e. The van der Waals surface area contributed by atoms with E-state index in [1.54, 1.807) is 7.05 Å². The molecular weight excluding hydrogens is 368 g/mol. The van der Waals surface area contributed by atoms with Crippen LogP contribution in [0.3, 0.4) is 0 Å². The van der Waals surface area contributed by atoms with Gasteiger partial charge in [-0.3, -0.25) is 9.79 Å². The maximum absolute atomic E-state index is 12.5. The van der Waals surface area contributed by atoms with Crippen LogP contribution >= 0.6 is 0 Å². The zero-order chi connectivity index (χ0) is 20.3. The number of rotatable bonds is 10. The minimum Gasteiger partial charge on any atom is -0.379 e. The quantitative estimate of drug-likeness (QED) is 0.315. The van der Waals surface area contributed by atoms with Gasteiger partial charge in [0.15, 0.2) is 5.96 Å². The molecule has 0 atom stereocenters. The predicted molar refractivity (Wildman–Crippen MR) is 109 cm³/mol. The zero-order valence-corrected chi connectivity index (χ0v) is 18.0. The zero-order valence-electron chi connectivity index (χ0n) is 17.2. The Morgan fingerprint density at radius 2 is 1.85 bits per heavy atom. The number of piperidine rings is 1. The second-order valence-electron chi connectivity index (χ2n) is 7.00. The minimum atomic E-state index is -2.98. The van der Waals surface area contributed by atoms with Crippen molar-refractivity contribution in [2.75, 3.05) is 51.9 Å². The first kappa shape index (κ1) is 23.7. The van der Waals surface area contributed by atoms with Crippen LogP contribution in [0, 0.1) is 5.92 Å². The van der Waals surface area contributed by atoms with Crippen molar-refractivity contribution in [3.8, 4) is 0 Å². The summed E-state index contributed by atoms with van der Waals surface area (Å²) < 4.78 is 27.4. The standard InChI is InChI=1S/C18H36N4O4S/c1-5-15(6-2)17(23)22-10-7-16(8-11-22)21-18(19-3)20-9-12-26-13-14-27(4,24)25/h15-16H,5-14H2,1-4H3,(H2,19,20,21). The fourth-order valence-corrected chi connectivity index (χ4v) is 3.50. The Morgan fingerprint density at radius 1 is 1.22 bits per heavy atom. The van der Waals surface area contributed by atoms with Gasteiger partial charge in [0.05, 0.1) is 19.0 Å². The van der Waals surface area contributed by atoms with Crippen LogP contribution in [0.1, 0.15) is 39.5 Å². The lowest BCUT2D eigenvalue weighted by atomic mass is 9.98. The highest BCUT2D eigenvalue weighted by Gasteiger charge is 2.26. The fourth-order valence-electron chi connectivity index (χ4n) is 3.08. The predicted octanol–water partition coefficient (Wildman–Crippen LogP) is 0.640. The fraction of sp³-hybridized carbons (Fsp3) is 0.889. The van der Waals surface area contributed by atoms with E-state index in [1.807, 2.05) is 4.90 Å². The summed E-state index contributed by atoms with van der Waals surface area (Å²) in [6.07, 6.45) is 4.80. The Bertz CT molecular complexity index is 568. The highest BCUT2D eigenvalue weighted by molar-refractivity contribution is 7.90. The molecule has 0 aromatic heterocycles. The van der Waals surface area contributed by atoms with Crippen molar-refractivity contribution in [1.82, 2.24) is 15.5 Å². The summed E-state index contributed by atoms with van der Waals surface area (Å²) in [5.74, 6) is 1.17. The van der Waals surface area contributed by atoms with E-state index in [0.717, 1.165) is 38.8 Å². The van der Waals surface area contributed by atoms with Crippen LogP contribution in [-0.4, -0.2) is 83.1 Å². The van der Waals surface area contributed by atoms with Crippen LogP contribution in [-0.2, 0) is 19.4 Å². The highest BCUT2D eigenvalue weighted by Crippen LogP contribution is 2.17. The number of carbonyl (C=O) groups is 1. The lowest BCUT2D eigenvalue weighted by Gasteiger charge is -2.34. The molecule has 1 fully saturated rings. The van der Waals surface area contributed by atoms with E-state index < -0.39 is 9.84 Å². The molecule has 0 aromatic rings. The first-order valence-electron chi connectivity index (χ1n) is 9.82. The molecule has 9 heteroatoms. The molecule has 158 valence electrons. The molecule has 1 heterocycles. The smallest absolute Gasteiger partial charge is 0.225 e. The maximum atomic E-state index is 12.5. The number of likely N-dealkylation sites (tertiary alicyclic amines) is 1. The molecular formula is C18H36N4O4S. The summed E-state index contributed by atoms with van der Waals surface area (Å²) in [5.41, 5.74) is 0. The summed E-state index contributed by atoms with van der Waals surface area (Å²) >= 11 is 0.